The molecule has 0 saturated carbocycles. The molecule has 0 spiro atoms. The van der Waals surface area contributed by atoms with Gasteiger partial charge in [0.2, 0.25) is 0 Å². The van der Waals surface area contributed by atoms with Crippen molar-refractivity contribution in [2.75, 3.05) is 0 Å². The van der Waals surface area contributed by atoms with E-state index in [2.05, 4.69) is 27.2 Å². The summed E-state index contributed by atoms with van der Waals surface area (Å²) in [6.07, 6.45) is 3.89. The lowest BCUT2D eigenvalue weighted by Gasteiger charge is -2.04. The number of aromatic nitrogens is 4. The first-order valence-electron chi connectivity index (χ1n) is 6.17. The summed E-state index contributed by atoms with van der Waals surface area (Å²) >= 11 is 0. The predicted molar refractivity (Wildman–Crippen MR) is 70.4 cm³/mol. The van der Waals surface area contributed by atoms with Crippen LogP contribution < -0.4 is 0 Å². The Hall–Kier alpha value is -2.43. The molecule has 0 radical (unpaired) electrons. The average molecular weight is 254 g/mol. The summed E-state index contributed by atoms with van der Waals surface area (Å²) in [5.74, 6) is 1.51. The van der Waals surface area contributed by atoms with Gasteiger partial charge in [0.15, 0.2) is 12.2 Å². The van der Waals surface area contributed by atoms with Crippen molar-refractivity contribution in [3.8, 4) is 11.5 Å². The zero-order chi connectivity index (χ0) is 13.1. The zero-order valence-electron chi connectivity index (χ0n) is 10.7. The molecule has 2 heterocycles. The highest BCUT2D eigenvalue weighted by atomic mass is 16.3. The van der Waals surface area contributed by atoms with Gasteiger partial charge < -0.3 is 4.42 Å². The van der Waals surface area contributed by atoms with Gasteiger partial charge in [0.25, 0.3) is 0 Å². The standard InChI is InChI=1S/C14H14N4O/c1-11-13(16-10-19-11)14-15-9-17-18(14)8-7-12-5-3-2-4-6-12/h2-6,9-10H,7-8H2,1H3. The van der Waals surface area contributed by atoms with Crippen molar-refractivity contribution in [2.24, 2.45) is 0 Å². The number of hydrogen-bond acceptors (Lipinski definition) is 4. The van der Waals surface area contributed by atoms with Crippen molar-refractivity contribution < 1.29 is 4.42 Å². The van der Waals surface area contributed by atoms with E-state index in [1.54, 1.807) is 6.33 Å². The van der Waals surface area contributed by atoms with E-state index in [1.165, 1.54) is 12.0 Å². The third-order valence-corrected chi connectivity index (χ3v) is 3.03. The molecule has 0 aliphatic heterocycles. The molecule has 0 saturated heterocycles. The van der Waals surface area contributed by atoms with E-state index < -0.39 is 0 Å². The van der Waals surface area contributed by atoms with Gasteiger partial charge in [-0.15, -0.1) is 0 Å². The summed E-state index contributed by atoms with van der Waals surface area (Å²) in [5.41, 5.74) is 2.03. The molecular formula is C14H14N4O. The van der Waals surface area contributed by atoms with Crippen LogP contribution in [0.2, 0.25) is 0 Å². The van der Waals surface area contributed by atoms with E-state index in [0.29, 0.717) is 0 Å². The maximum atomic E-state index is 5.21. The quantitative estimate of drug-likeness (QED) is 0.717. The molecule has 1 aromatic carbocycles. The van der Waals surface area contributed by atoms with Crippen LogP contribution in [0.4, 0.5) is 0 Å². The summed E-state index contributed by atoms with van der Waals surface area (Å²) < 4.78 is 7.07. The second-order valence-electron chi connectivity index (χ2n) is 4.30. The van der Waals surface area contributed by atoms with Crippen LogP contribution in [0.15, 0.2) is 47.5 Å². The van der Waals surface area contributed by atoms with Gasteiger partial charge in [-0.3, -0.25) is 0 Å². The SMILES string of the molecule is Cc1ocnc1-c1ncnn1CCc1ccccc1. The van der Waals surface area contributed by atoms with E-state index >= 15 is 0 Å². The van der Waals surface area contributed by atoms with Gasteiger partial charge in [-0.05, 0) is 18.9 Å². The minimum Gasteiger partial charge on any atom is -0.448 e. The van der Waals surface area contributed by atoms with Crippen molar-refractivity contribution in [1.29, 1.82) is 0 Å². The van der Waals surface area contributed by atoms with Gasteiger partial charge >= 0.3 is 0 Å². The molecule has 0 fully saturated rings. The first-order valence-corrected chi connectivity index (χ1v) is 6.17. The Morgan fingerprint density at radius 3 is 2.74 bits per heavy atom. The molecule has 0 atom stereocenters. The Kier molecular flexibility index (Phi) is 3.10. The first kappa shape index (κ1) is 11.6. The van der Waals surface area contributed by atoms with Crippen molar-refractivity contribution in [1.82, 2.24) is 19.7 Å². The van der Waals surface area contributed by atoms with Crippen LogP contribution in [0.5, 0.6) is 0 Å². The number of hydrogen-bond donors (Lipinski definition) is 0. The molecule has 0 unspecified atom stereocenters. The molecule has 96 valence electrons. The van der Waals surface area contributed by atoms with E-state index in [-0.39, 0.29) is 0 Å². The maximum absolute atomic E-state index is 5.21. The van der Waals surface area contributed by atoms with Crippen LogP contribution in [0.1, 0.15) is 11.3 Å². The second-order valence-corrected chi connectivity index (χ2v) is 4.30. The maximum Gasteiger partial charge on any atom is 0.181 e. The fraction of sp³-hybridized carbons (Fsp3) is 0.214. The smallest absolute Gasteiger partial charge is 0.181 e. The number of rotatable bonds is 4. The van der Waals surface area contributed by atoms with E-state index in [0.717, 1.165) is 30.2 Å². The van der Waals surface area contributed by atoms with Gasteiger partial charge in [0.1, 0.15) is 17.8 Å². The van der Waals surface area contributed by atoms with Crippen molar-refractivity contribution in [3.63, 3.8) is 0 Å². The number of aryl methyl sites for hydroxylation is 3. The topological polar surface area (TPSA) is 56.7 Å². The first-order chi connectivity index (χ1) is 9.34. The molecule has 3 rings (SSSR count). The number of benzene rings is 1. The lowest BCUT2D eigenvalue weighted by atomic mass is 10.1. The molecule has 0 aliphatic rings. The molecule has 5 nitrogen and oxygen atoms in total. The Balaban J connectivity index is 1.80. The van der Waals surface area contributed by atoms with Gasteiger partial charge in [-0.25, -0.2) is 14.6 Å². The summed E-state index contributed by atoms with van der Waals surface area (Å²) in [6.45, 7) is 2.64. The Morgan fingerprint density at radius 1 is 1.16 bits per heavy atom. The normalized spacial score (nSPS) is 10.8. The lowest BCUT2D eigenvalue weighted by molar-refractivity contribution is 0.527. The van der Waals surface area contributed by atoms with Crippen LogP contribution in [0, 0.1) is 6.92 Å². The highest BCUT2D eigenvalue weighted by Gasteiger charge is 2.13. The van der Waals surface area contributed by atoms with Gasteiger partial charge in [0.05, 0.1) is 0 Å². The second kappa shape index (κ2) is 5.06. The highest BCUT2D eigenvalue weighted by molar-refractivity contribution is 5.50. The van der Waals surface area contributed by atoms with Gasteiger partial charge in [-0.2, -0.15) is 5.10 Å². The molecule has 0 bridgehead atoms. The molecule has 2 aromatic heterocycles. The van der Waals surface area contributed by atoms with Crippen LogP contribution in [0.25, 0.3) is 11.5 Å². The third kappa shape index (κ3) is 2.40. The highest BCUT2D eigenvalue weighted by Crippen LogP contribution is 2.18. The van der Waals surface area contributed by atoms with Crippen molar-refractivity contribution in [3.05, 3.63) is 54.4 Å². The van der Waals surface area contributed by atoms with E-state index in [4.69, 9.17) is 4.42 Å². The monoisotopic (exact) mass is 254 g/mol. The summed E-state index contributed by atoms with van der Waals surface area (Å²) in [6, 6.07) is 10.3. The van der Waals surface area contributed by atoms with Crippen LogP contribution in [-0.2, 0) is 13.0 Å². The molecule has 5 heteroatoms. The molecule has 3 aromatic rings. The zero-order valence-corrected chi connectivity index (χ0v) is 10.7. The largest absolute Gasteiger partial charge is 0.448 e. The molecule has 0 N–H and O–H groups in total. The number of nitrogens with zero attached hydrogens (tertiary/aromatic N) is 4. The Bertz CT molecular complexity index is 657. The number of oxazole rings is 1. The molecular weight excluding hydrogens is 240 g/mol. The third-order valence-electron chi connectivity index (χ3n) is 3.03. The summed E-state index contributed by atoms with van der Waals surface area (Å²) in [5, 5.41) is 4.25. The van der Waals surface area contributed by atoms with Crippen LogP contribution in [0.3, 0.4) is 0 Å². The fourth-order valence-electron chi connectivity index (χ4n) is 2.01. The van der Waals surface area contributed by atoms with E-state index in [1.807, 2.05) is 29.8 Å². The van der Waals surface area contributed by atoms with Crippen LogP contribution in [-0.4, -0.2) is 19.7 Å². The average Bonchev–Trinajstić information content (AvgIpc) is 3.05. The van der Waals surface area contributed by atoms with E-state index in [9.17, 15) is 0 Å². The molecule has 0 aliphatic carbocycles. The predicted octanol–water partition coefficient (Wildman–Crippen LogP) is 2.48. The van der Waals surface area contributed by atoms with Crippen molar-refractivity contribution in [2.45, 2.75) is 19.9 Å². The Morgan fingerprint density at radius 2 is 2.00 bits per heavy atom. The van der Waals surface area contributed by atoms with Gasteiger partial charge in [0, 0.05) is 6.54 Å². The minimum absolute atomic E-state index is 0.752. The molecule has 19 heavy (non-hydrogen) atoms. The fourth-order valence-corrected chi connectivity index (χ4v) is 2.01. The Labute approximate surface area is 110 Å². The summed E-state index contributed by atoms with van der Waals surface area (Å²) in [7, 11) is 0. The summed E-state index contributed by atoms with van der Waals surface area (Å²) in [4.78, 5) is 8.45. The van der Waals surface area contributed by atoms with Crippen molar-refractivity contribution >= 4 is 0 Å². The lowest BCUT2D eigenvalue weighted by Crippen LogP contribution is -2.06. The van der Waals surface area contributed by atoms with Crippen LogP contribution >= 0.6 is 0 Å². The molecule has 0 amide bonds. The minimum atomic E-state index is 0.752. The van der Waals surface area contributed by atoms with Gasteiger partial charge in [-0.1, -0.05) is 30.3 Å².